The van der Waals surface area contributed by atoms with Crippen molar-refractivity contribution in [3.8, 4) is 11.1 Å². The molecule has 29 heavy (non-hydrogen) atoms. The average molecular weight is 407 g/mol. The average Bonchev–Trinajstić information content (AvgIpc) is 3.20. The Balaban J connectivity index is 1.72. The second-order valence-corrected chi connectivity index (χ2v) is 7.91. The van der Waals surface area contributed by atoms with Gasteiger partial charge in [0.05, 0.1) is 23.1 Å². The fourth-order valence-electron chi connectivity index (χ4n) is 3.37. The molecule has 0 unspecified atom stereocenters. The maximum Gasteiger partial charge on any atom is 0.221 e. The predicted molar refractivity (Wildman–Crippen MR) is 117 cm³/mol. The number of carbonyl (C=O) groups is 2. The fraction of sp³-hybridized carbons (Fsp3) is 0.217. The number of nitrogens with one attached hydrogen (secondary N) is 1. The molecular formula is C23H22N2O3S. The highest BCUT2D eigenvalue weighted by atomic mass is 32.1. The van der Waals surface area contributed by atoms with E-state index in [9.17, 15) is 9.59 Å². The minimum atomic E-state index is -0.0990. The first-order valence-corrected chi connectivity index (χ1v) is 10.4. The van der Waals surface area contributed by atoms with Crippen molar-refractivity contribution in [3.05, 3.63) is 71.1 Å². The van der Waals surface area contributed by atoms with Gasteiger partial charge in [-0.05, 0) is 23.8 Å². The van der Waals surface area contributed by atoms with Crippen LogP contribution in [0.3, 0.4) is 0 Å². The van der Waals surface area contributed by atoms with Gasteiger partial charge in [0.1, 0.15) is 0 Å². The molecule has 1 amide bonds. The molecule has 1 N–H and O–H groups in total. The summed E-state index contributed by atoms with van der Waals surface area (Å²) in [5.41, 5.74) is 3.49. The van der Waals surface area contributed by atoms with Gasteiger partial charge in [0, 0.05) is 36.8 Å². The van der Waals surface area contributed by atoms with Gasteiger partial charge in [0.2, 0.25) is 11.7 Å². The Kier molecular flexibility index (Phi) is 5.74. The lowest BCUT2D eigenvalue weighted by Crippen LogP contribution is -2.35. The lowest BCUT2D eigenvalue weighted by Gasteiger charge is -2.28. The van der Waals surface area contributed by atoms with Gasteiger partial charge in [-0.1, -0.05) is 42.5 Å². The minimum absolute atomic E-state index is 0.0335. The molecule has 0 bridgehead atoms. The lowest BCUT2D eigenvalue weighted by molar-refractivity contribution is -0.114. The number of hydrogen-bond donors (Lipinski definition) is 1. The summed E-state index contributed by atoms with van der Waals surface area (Å²) < 4.78 is 5.50. The third-order valence-corrected chi connectivity index (χ3v) is 5.98. The summed E-state index contributed by atoms with van der Waals surface area (Å²) in [5, 5.41) is 3.87. The number of hydrogen-bond acceptors (Lipinski definition) is 5. The van der Waals surface area contributed by atoms with E-state index in [2.05, 4.69) is 10.2 Å². The van der Waals surface area contributed by atoms with Crippen LogP contribution in [0, 0.1) is 0 Å². The number of nitrogens with zero attached hydrogens (tertiary/aromatic N) is 1. The van der Waals surface area contributed by atoms with E-state index in [1.165, 1.54) is 18.3 Å². The SMILES string of the molecule is CC(=O)Nc1ccc(-c2cc(C(=O)c3ccccc3)sc2N2CCOCC2)cc1. The molecule has 3 aromatic rings. The Morgan fingerprint density at radius 2 is 1.69 bits per heavy atom. The van der Waals surface area contributed by atoms with E-state index in [1.807, 2.05) is 60.7 Å². The van der Waals surface area contributed by atoms with Gasteiger partial charge in [0.25, 0.3) is 0 Å². The lowest BCUT2D eigenvalue weighted by atomic mass is 10.0. The number of ketones is 1. The maximum atomic E-state index is 13.0. The van der Waals surface area contributed by atoms with Gasteiger partial charge < -0.3 is 15.0 Å². The summed E-state index contributed by atoms with van der Waals surface area (Å²) >= 11 is 1.53. The van der Waals surface area contributed by atoms with E-state index >= 15 is 0 Å². The molecule has 1 aliphatic rings. The van der Waals surface area contributed by atoms with Crippen molar-refractivity contribution in [2.75, 3.05) is 36.5 Å². The Bertz CT molecular complexity index is 1010. The summed E-state index contributed by atoms with van der Waals surface area (Å²) in [5.74, 6) is -0.0655. The molecule has 1 aromatic heterocycles. The molecule has 0 atom stereocenters. The summed E-state index contributed by atoms with van der Waals surface area (Å²) in [6.07, 6.45) is 0. The van der Waals surface area contributed by atoms with Crippen LogP contribution in [0.4, 0.5) is 10.7 Å². The first-order valence-electron chi connectivity index (χ1n) is 9.56. The van der Waals surface area contributed by atoms with Crippen molar-refractivity contribution < 1.29 is 14.3 Å². The molecule has 1 fully saturated rings. The molecule has 2 aromatic carbocycles. The number of amides is 1. The largest absolute Gasteiger partial charge is 0.378 e. The molecular weight excluding hydrogens is 384 g/mol. The number of ether oxygens (including phenoxy) is 1. The van der Waals surface area contributed by atoms with Crippen LogP contribution in [0.5, 0.6) is 0 Å². The van der Waals surface area contributed by atoms with Crippen LogP contribution in [-0.2, 0) is 9.53 Å². The van der Waals surface area contributed by atoms with E-state index in [-0.39, 0.29) is 11.7 Å². The molecule has 0 aliphatic carbocycles. The first kappa shape index (κ1) is 19.4. The molecule has 5 nitrogen and oxygen atoms in total. The molecule has 0 radical (unpaired) electrons. The van der Waals surface area contributed by atoms with Crippen LogP contribution in [0.1, 0.15) is 22.2 Å². The molecule has 2 heterocycles. The first-order chi connectivity index (χ1) is 14.1. The van der Waals surface area contributed by atoms with Crippen molar-refractivity contribution in [3.63, 3.8) is 0 Å². The predicted octanol–water partition coefficient (Wildman–Crippen LogP) is 4.44. The standard InChI is InChI=1S/C23H22N2O3S/c1-16(26)24-19-9-7-17(8-10-19)20-15-21(22(27)18-5-3-2-4-6-18)29-23(20)25-11-13-28-14-12-25/h2-10,15H,11-14H2,1H3,(H,24,26). The normalized spacial score (nSPS) is 13.9. The zero-order valence-corrected chi connectivity index (χ0v) is 17.0. The highest BCUT2D eigenvalue weighted by Gasteiger charge is 2.22. The zero-order chi connectivity index (χ0) is 20.2. The van der Waals surface area contributed by atoms with Crippen LogP contribution in [0.2, 0.25) is 0 Å². The maximum absolute atomic E-state index is 13.0. The Morgan fingerprint density at radius 1 is 1.00 bits per heavy atom. The van der Waals surface area contributed by atoms with Crippen LogP contribution in [0.15, 0.2) is 60.7 Å². The summed E-state index contributed by atoms with van der Waals surface area (Å²) in [4.78, 5) is 27.3. The summed E-state index contributed by atoms with van der Waals surface area (Å²) in [6.45, 7) is 4.46. The number of carbonyl (C=O) groups excluding carboxylic acids is 2. The van der Waals surface area contributed by atoms with Gasteiger partial charge >= 0.3 is 0 Å². The van der Waals surface area contributed by atoms with E-state index in [4.69, 9.17) is 4.74 Å². The molecule has 1 saturated heterocycles. The van der Waals surface area contributed by atoms with Gasteiger partial charge in [-0.15, -0.1) is 11.3 Å². The highest BCUT2D eigenvalue weighted by molar-refractivity contribution is 7.18. The second-order valence-electron chi connectivity index (χ2n) is 6.88. The molecule has 1 aliphatic heterocycles. The van der Waals surface area contributed by atoms with E-state index in [1.54, 1.807) is 0 Å². The second kappa shape index (κ2) is 8.59. The van der Waals surface area contributed by atoms with Crippen molar-refractivity contribution >= 4 is 33.7 Å². The van der Waals surface area contributed by atoms with Crippen molar-refractivity contribution in [2.45, 2.75) is 6.92 Å². The Morgan fingerprint density at radius 3 is 2.34 bits per heavy atom. The Labute approximate surface area is 173 Å². The molecule has 4 rings (SSSR count). The quantitative estimate of drug-likeness (QED) is 0.637. The van der Waals surface area contributed by atoms with E-state index < -0.39 is 0 Å². The van der Waals surface area contributed by atoms with Crippen molar-refractivity contribution in [2.24, 2.45) is 0 Å². The van der Waals surface area contributed by atoms with Crippen LogP contribution < -0.4 is 10.2 Å². The van der Waals surface area contributed by atoms with Crippen LogP contribution >= 0.6 is 11.3 Å². The third-order valence-electron chi connectivity index (χ3n) is 4.79. The highest BCUT2D eigenvalue weighted by Crippen LogP contribution is 2.40. The number of thiophene rings is 1. The fourth-order valence-corrected chi connectivity index (χ4v) is 4.56. The van der Waals surface area contributed by atoms with Crippen molar-refractivity contribution in [1.29, 1.82) is 0 Å². The Hall–Kier alpha value is -2.96. The van der Waals surface area contributed by atoms with Crippen LogP contribution in [-0.4, -0.2) is 38.0 Å². The smallest absolute Gasteiger partial charge is 0.221 e. The van der Waals surface area contributed by atoms with E-state index in [0.29, 0.717) is 18.8 Å². The molecule has 6 heteroatoms. The zero-order valence-electron chi connectivity index (χ0n) is 16.2. The molecule has 0 saturated carbocycles. The number of morpholine rings is 1. The monoisotopic (exact) mass is 406 g/mol. The third kappa shape index (κ3) is 4.39. The molecule has 0 spiro atoms. The number of anilines is 2. The van der Waals surface area contributed by atoms with Gasteiger partial charge in [-0.25, -0.2) is 0 Å². The van der Waals surface area contributed by atoms with E-state index in [0.717, 1.165) is 39.8 Å². The van der Waals surface area contributed by atoms with Gasteiger partial charge in [0.15, 0.2) is 0 Å². The van der Waals surface area contributed by atoms with Crippen LogP contribution in [0.25, 0.3) is 11.1 Å². The molecule has 148 valence electrons. The number of rotatable bonds is 5. The number of benzene rings is 2. The van der Waals surface area contributed by atoms with Gasteiger partial charge in [-0.2, -0.15) is 0 Å². The minimum Gasteiger partial charge on any atom is -0.378 e. The summed E-state index contributed by atoms with van der Waals surface area (Å²) in [6, 6.07) is 19.1. The van der Waals surface area contributed by atoms with Gasteiger partial charge in [-0.3, -0.25) is 9.59 Å². The van der Waals surface area contributed by atoms with Crippen molar-refractivity contribution in [1.82, 2.24) is 0 Å². The topological polar surface area (TPSA) is 58.6 Å². The summed E-state index contributed by atoms with van der Waals surface area (Å²) in [7, 11) is 0.